The lowest BCUT2D eigenvalue weighted by Crippen LogP contribution is -2.30. The topological polar surface area (TPSA) is 78.9 Å². The summed E-state index contributed by atoms with van der Waals surface area (Å²) in [6.45, 7) is 6.54. The van der Waals surface area contributed by atoms with Crippen molar-refractivity contribution in [3.05, 3.63) is 0 Å². The zero-order valence-electron chi connectivity index (χ0n) is 30.9. The summed E-state index contributed by atoms with van der Waals surface area (Å²) in [5.74, 6) is -0.875. The van der Waals surface area contributed by atoms with Gasteiger partial charge in [-0.05, 0) is 19.3 Å². The van der Waals surface area contributed by atoms with Gasteiger partial charge in [-0.3, -0.25) is 14.4 Å². The van der Waals surface area contributed by atoms with Crippen LogP contribution in [0.3, 0.4) is 0 Å². The molecular formula is C40H76O6. The van der Waals surface area contributed by atoms with Crippen LogP contribution in [0.15, 0.2) is 0 Å². The van der Waals surface area contributed by atoms with Crippen molar-refractivity contribution in [1.82, 2.24) is 0 Å². The maximum Gasteiger partial charge on any atom is 0.306 e. The van der Waals surface area contributed by atoms with Crippen molar-refractivity contribution in [2.75, 3.05) is 13.2 Å². The lowest BCUT2D eigenvalue weighted by atomic mass is 10.0. The molecule has 0 saturated heterocycles. The first-order valence-corrected chi connectivity index (χ1v) is 20.0. The number of rotatable bonds is 36. The molecule has 0 radical (unpaired) electrons. The molecule has 0 aliphatic heterocycles. The summed E-state index contributed by atoms with van der Waals surface area (Å²) in [5, 5.41) is 0. The number of esters is 3. The van der Waals surface area contributed by atoms with Gasteiger partial charge in [0.15, 0.2) is 6.10 Å². The van der Waals surface area contributed by atoms with E-state index in [-0.39, 0.29) is 31.1 Å². The SMILES string of the molecule is CCCCCCCCCCCCCCC(=O)O[C@@H](COC(=O)CCCCCCC)COC(=O)CCCCCCCCCCCCC. The molecule has 0 aliphatic rings. The van der Waals surface area contributed by atoms with Gasteiger partial charge >= 0.3 is 17.9 Å². The van der Waals surface area contributed by atoms with Crippen molar-refractivity contribution in [3.8, 4) is 0 Å². The number of carbonyl (C=O) groups excluding carboxylic acids is 3. The Balaban J connectivity index is 4.25. The van der Waals surface area contributed by atoms with Gasteiger partial charge in [0.1, 0.15) is 13.2 Å². The van der Waals surface area contributed by atoms with E-state index in [2.05, 4.69) is 20.8 Å². The highest BCUT2D eigenvalue weighted by Gasteiger charge is 2.19. The minimum Gasteiger partial charge on any atom is -0.462 e. The molecule has 0 spiro atoms. The lowest BCUT2D eigenvalue weighted by Gasteiger charge is -2.18. The molecule has 1 atom stereocenters. The molecule has 0 saturated carbocycles. The van der Waals surface area contributed by atoms with Crippen molar-refractivity contribution < 1.29 is 28.6 Å². The number of unbranched alkanes of at least 4 members (excludes halogenated alkanes) is 25. The maximum atomic E-state index is 12.6. The van der Waals surface area contributed by atoms with Crippen molar-refractivity contribution in [2.24, 2.45) is 0 Å². The fourth-order valence-electron chi connectivity index (χ4n) is 5.79. The molecule has 0 N–H and O–H groups in total. The molecule has 0 aromatic heterocycles. The van der Waals surface area contributed by atoms with E-state index in [0.29, 0.717) is 19.3 Å². The Morgan fingerprint density at radius 2 is 0.587 bits per heavy atom. The Morgan fingerprint density at radius 3 is 0.870 bits per heavy atom. The number of carbonyl (C=O) groups is 3. The molecule has 0 fully saturated rings. The largest absolute Gasteiger partial charge is 0.462 e. The van der Waals surface area contributed by atoms with E-state index in [9.17, 15) is 14.4 Å². The van der Waals surface area contributed by atoms with Crippen LogP contribution in [0.2, 0.25) is 0 Å². The molecule has 0 amide bonds. The van der Waals surface area contributed by atoms with Crippen LogP contribution in [-0.2, 0) is 28.6 Å². The van der Waals surface area contributed by atoms with Crippen molar-refractivity contribution in [3.63, 3.8) is 0 Å². The van der Waals surface area contributed by atoms with Gasteiger partial charge in [-0.25, -0.2) is 0 Å². The second kappa shape index (κ2) is 36.2. The van der Waals surface area contributed by atoms with Gasteiger partial charge in [-0.15, -0.1) is 0 Å². The van der Waals surface area contributed by atoms with Crippen LogP contribution in [0.4, 0.5) is 0 Å². The zero-order valence-corrected chi connectivity index (χ0v) is 30.9. The second-order valence-corrected chi connectivity index (χ2v) is 13.6. The fraction of sp³-hybridized carbons (Fsp3) is 0.925. The van der Waals surface area contributed by atoms with Gasteiger partial charge in [-0.1, -0.05) is 181 Å². The number of hydrogen-bond acceptors (Lipinski definition) is 6. The Bertz CT molecular complexity index is 679. The van der Waals surface area contributed by atoms with Crippen LogP contribution in [0.5, 0.6) is 0 Å². The Labute approximate surface area is 285 Å². The smallest absolute Gasteiger partial charge is 0.306 e. The normalized spacial score (nSPS) is 11.8. The molecular weight excluding hydrogens is 576 g/mol. The average molecular weight is 653 g/mol. The van der Waals surface area contributed by atoms with E-state index in [4.69, 9.17) is 14.2 Å². The third-order valence-electron chi connectivity index (χ3n) is 8.86. The monoisotopic (exact) mass is 653 g/mol. The third kappa shape index (κ3) is 33.8. The Kier molecular flexibility index (Phi) is 35.0. The molecule has 0 aromatic carbocycles. The highest BCUT2D eigenvalue weighted by molar-refractivity contribution is 5.71. The van der Waals surface area contributed by atoms with Crippen LogP contribution in [0, 0.1) is 0 Å². The number of ether oxygens (including phenoxy) is 3. The van der Waals surface area contributed by atoms with E-state index < -0.39 is 6.10 Å². The van der Waals surface area contributed by atoms with Crippen LogP contribution < -0.4 is 0 Å². The quantitative estimate of drug-likeness (QED) is 0.0381. The summed E-state index contributed by atoms with van der Waals surface area (Å²) in [7, 11) is 0. The van der Waals surface area contributed by atoms with E-state index in [0.717, 1.165) is 64.2 Å². The molecule has 0 aromatic rings. The zero-order chi connectivity index (χ0) is 33.8. The molecule has 0 unspecified atom stereocenters. The van der Waals surface area contributed by atoms with Gasteiger partial charge < -0.3 is 14.2 Å². The first-order valence-electron chi connectivity index (χ1n) is 20.0. The van der Waals surface area contributed by atoms with Gasteiger partial charge in [0.05, 0.1) is 0 Å². The summed E-state index contributed by atoms with van der Waals surface area (Å²) in [4.78, 5) is 37.2. The predicted molar refractivity (Wildman–Crippen MR) is 192 cm³/mol. The van der Waals surface area contributed by atoms with Crippen LogP contribution >= 0.6 is 0 Å². The first-order chi connectivity index (χ1) is 22.5. The van der Waals surface area contributed by atoms with E-state index in [1.54, 1.807) is 0 Å². The first kappa shape index (κ1) is 44.4. The van der Waals surface area contributed by atoms with E-state index in [1.807, 2.05) is 0 Å². The summed E-state index contributed by atoms with van der Waals surface area (Å²) < 4.78 is 16.5. The lowest BCUT2D eigenvalue weighted by molar-refractivity contribution is -0.167. The predicted octanol–water partition coefficient (Wildman–Crippen LogP) is 12.1. The molecule has 0 heterocycles. The van der Waals surface area contributed by atoms with Gasteiger partial charge in [0.2, 0.25) is 0 Å². The maximum absolute atomic E-state index is 12.6. The Morgan fingerprint density at radius 1 is 0.348 bits per heavy atom. The van der Waals surface area contributed by atoms with E-state index >= 15 is 0 Å². The average Bonchev–Trinajstić information content (AvgIpc) is 3.05. The molecule has 6 nitrogen and oxygen atoms in total. The molecule has 272 valence electrons. The summed E-state index contributed by atoms with van der Waals surface area (Å²) in [5.41, 5.74) is 0. The van der Waals surface area contributed by atoms with E-state index in [1.165, 1.54) is 116 Å². The van der Waals surface area contributed by atoms with Gasteiger partial charge in [0, 0.05) is 19.3 Å². The summed E-state index contributed by atoms with van der Waals surface area (Å²) >= 11 is 0. The van der Waals surface area contributed by atoms with Crippen LogP contribution in [0.1, 0.15) is 220 Å². The fourth-order valence-corrected chi connectivity index (χ4v) is 5.79. The van der Waals surface area contributed by atoms with Crippen molar-refractivity contribution in [2.45, 2.75) is 226 Å². The molecule has 46 heavy (non-hydrogen) atoms. The molecule has 6 heteroatoms. The third-order valence-corrected chi connectivity index (χ3v) is 8.86. The highest BCUT2D eigenvalue weighted by Crippen LogP contribution is 2.15. The molecule has 0 aliphatic carbocycles. The van der Waals surface area contributed by atoms with Crippen molar-refractivity contribution in [1.29, 1.82) is 0 Å². The summed E-state index contributed by atoms with van der Waals surface area (Å²) in [6, 6.07) is 0. The summed E-state index contributed by atoms with van der Waals surface area (Å²) in [6.07, 6.45) is 33.9. The van der Waals surface area contributed by atoms with Crippen molar-refractivity contribution >= 4 is 17.9 Å². The molecule has 0 rings (SSSR count). The highest BCUT2D eigenvalue weighted by atomic mass is 16.6. The minimum absolute atomic E-state index is 0.0647. The van der Waals surface area contributed by atoms with Gasteiger partial charge in [0.25, 0.3) is 0 Å². The van der Waals surface area contributed by atoms with Gasteiger partial charge in [-0.2, -0.15) is 0 Å². The minimum atomic E-state index is -0.754. The number of hydrogen-bond donors (Lipinski definition) is 0. The van der Waals surface area contributed by atoms with Crippen LogP contribution in [0.25, 0.3) is 0 Å². The Hall–Kier alpha value is -1.59. The standard InChI is InChI=1S/C40H76O6/c1-4-7-10-13-15-17-19-21-23-25-28-31-34-40(43)46-37(35-44-38(41)32-29-26-12-9-6-3)36-45-39(42)33-30-27-24-22-20-18-16-14-11-8-5-2/h37H,4-36H2,1-3H3/t37-/m0/s1. The second-order valence-electron chi connectivity index (χ2n) is 13.6. The van der Waals surface area contributed by atoms with Crippen LogP contribution in [-0.4, -0.2) is 37.2 Å². The molecule has 0 bridgehead atoms.